The van der Waals surface area contributed by atoms with Crippen molar-refractivity contribution in [1.29, 1.82) is 0 Å². The van der Waals surface area contributed by atoms with Crippen molar-refractivity contribution in [3.8, 4) is 0 Å². The van der Waals surface area contributed by atoms with Crippen LogP contribution in [0.5, 0.6) is 0 Å². The smallest absolute Gasteiger partial charge is 0.122 e. The average molecular weight is 241 g/mol. The third-order valence-corrected chi connectivity index (χ3v) is 3.35. The molecule has 1 atom stereocenters. The van der Waals surface area contributed by atoms with Gasteiger partial charge in [-0.05, 0) is 24.3 Å². The molecule has 4 heteroatoms. The highest BCUT2D eigenvalue weighted by molar-refractivity contribution is 5.72. The molecule has 1 aromatic carbocycles. The first-order chi connectivity index (χ1) is 8.81. The van der Waals surface area contributed by atoms with Crippen LogP contribution in [0.4, 0.5) is 11.4 Å². The number of rotatable bonds is 2. The van der Waals surface area contributed by atoms with Gasteiger partial charge in [-0.25, -0.2) is 0 Å². The van der Waals surface area contributed by atoms with Crippen LogP contribution in [0.1, 0.15) is 18.2 Å². The number of carbonyl (C=O) groups excluding carboxylic acids is 1. The van der Waals surface area contributed by atoms with E-state index in [9.17, 15) is 4.79 Å². The number of hydrogen-bond acceptors (Lipinski definition) is 3. The lowest BCUT2D eigenvalue weighted by molar-refractivity contribution is -0.108. The number of fused-ring (bicyclic) bond motifs is 2. The molecule has 0 spiro atoms. The monoisotopic (exact) mass is 241 g/mol. The van der Waals surface area contributed by atoms with Gasteiger partial charge in [0.05, 0.1) is 23.1 Å². The van der Waals surface area contributed by atoms with Crippen LogP contribution in [0.3, 0.4) is 0 Å². The summed E-state index contributed by atoms with van der Waals surface area (Å²) in [5.74, 6) is 0. The van der Waals surface area contributed by atoms with Crippen molar-refractivity contribution in [3.63, 3.8) is 0 Å². The fourth-order valence-electron chi connectivity index (χ4n) is 2.47. The summed E-state index contributed by atoms with van der Waals surface area (Å²) in [4.78, 5) is 10.8. The van der Waals surface area contributed by atoms with Gasteiger partial charge in [-0.1, -0.05) is 12.1 Å². The summed E-state index contributed by atoms with van der Waals surface area (Å²) in [6.45, 7) is 0. The van der Waals surface area contributed by atoms with Gasteiger partial charge in [-0.15, -0.1) is 0 Å². The van der Waals surface area contributed by atoms with Crippen LogP contribution in [-0.2, 0) is 4.79 Å². The fourth-order valence-corrected chi connectivity index (χ4v) is 2.47. The van der Waals surface area contributed by atoms with E-state index in [0.29, 0.717) is 6.42 Å². The molecule has 1 N–H and O–H groups in total. The zero-order chi connectivity index (χ0) is 12.5. The lowest BCUT2D eigenvalue weighted by atomic mass is 10.1. The molecule has 0 amide bonds. The largest absolute Gasteiger partial charge is 0.374 e. The van der Waals surface area contributed by atoms with Gasteiger partial charge in [0.1, 0.15) is 6.29 Å². The molecule has 3 rings (SSSR count). The predicted molar refractivity (Wildman–Crippen MR) is 71.7 cm³/mol. The Balaban J connectivity index is 2.15. The van der Waals surface area contributed by atoms with E-state index in [-0.39, 0.29) is 6.04 Å². The lowest BCUT2D eigenvalue weighted by Crippen LogP contribution is -2.25. The third-order valence-electron chi connectivity index (χ3n) is 3.35. The first-order valence-corrected chi connectivity index (χ1v) is 6.01. The quantitative estimate of drug-likeness (QED) is 0.821. The average Bonchev–Trinajstić information content (AvgIpc) is 2.83. The number of nitrogens with one attached hydrogen (secondary N) is 1. The molecule has 1 aliphatic heterocycles. The van der Waals surface area contributed by atoms with E-state index in [1.165, 1.54) is 0 Å². The van der Waals surface area contributed by atoms with Gasteiger partial charge in [-0.2, -0.15) is 0 Å². The second kappa shape index (κ2) is 4.22. The number of aromatic nitrogens is 1. The van der Waals surface area contributed by atoms with Crippen molar-refractivity contribution in [2.24, 2.45) is 0 Å². The van der Waals surface area contributed by atoms with Crippen LogP contribution in [-0.4, -0.2) is 18.0 Å². The normalized spacial score (nSPS) is 17.4. The van der Waals surface area contributed by atoms with Crippen LogP contribution in [0.2, 0.25) is 0 Å². The van der Waals surface area contributed by atoms with E-state index in [4.69, 9.17) is 0 Å². The minimum atomic E-state index is 0.0172. The standard InChI is InChI=1S/C14H15N3O/c1-16-13-6-3-2-5-11(13)15-12(8-10-18)14-7-4-9-17(14)16/h2-7,9-10,12,15H,8H2,1H3. The van der Waals surface area contributed by atoms with Gasteiger partial charge in [0.2, 0.25) is 0 Å². The topological polar surface area (TPSA) is 37.3 Å². The van der Waals surface area contributed by atoms with E-state index in [1.54, 1.807) is 0 Å². The second-order valence-electron chi connectivity index (χ2n) is 4.42. The van der Waals surface area contributed by atoms with Gasteiger partial charge in [0, 0.05) is 19.7 Å². The summed E-state index contributed by atoms with van der Waals surface area (Å²) in [5.41, 5.74) is 3.25. The zero-order valence-corrected chi connectivity index (χ0v) is 10.2. The molecule has 4 nitrogen and oxygen atoms in total. The number of carbonyl (C=O) groups is 1. The molecule has 1 unspecified atom stereocenters. The Morgan fingerprint density at radius 1 is 1.28 bits per heavy atom. The van der Waals surface area contributed by atoms with Crippen LogP contribution in [0.15, 0.2) is 42.6 Å². The zero-order valence-electron chi connectivity index (χ0n) is 10.2. The third kappa shape index (κ3) is 1.57. The highest BCUT2D eigenvalue weighted by atomic mass is 16.1. The molecule has 1 aromatic heterocycles. The van der Waals surface area contributed by atoms with E-state index >= 15 is 0 Å². The van der Waals surface area contributed by atoms with Crippen molar-refractivity contribution < 1.29 is 4.79 Å². The molecule has 2 aromatic rings. The van der Waals surface area contributed by atoms with Crippen LogP contribution < -0.4 is 10.3 Å². The van der Waals surface area contributed by atoms with E-state index in [2.05, 4.69) is 21.1 Å². The number of aldehydes is 1. The Hall–Kier alpha value is -2.23. The maximum absolute atomic E-state index is 10.8. The lowest BCUT2D eigenvalue weighted by Gasteiger charge is -2.22. The number of nitrogens with zero attached hydrogens (tertiary/aromatic N) is 2. The van der Waals surface area contributed by atoms with Gasteiger partial charge in [-0.3, -0.25) is 9.69 Å². The highest BCUT2D eigenvalue weighted by Gasteiger charge is 2.23. The Bertz CT molecular complexity index is 576. The number of hydrogen-bond donors (Lipinski definition) is 1. The van der Waals surface area contributed by atoms with Crippen molar-refractivity contribution in [3.05, 3.63) is 48.3 Å². The Kier molecular flexibility index (Phi) is 2.55. The molecule has 0 radical (unpaired) electrons. The van der Waals surface area contributed by atoms with Crippen molar-refractivity contribution in [2.45, 2.75) is 12.5 Å². The molecule has 0 fully saturated rings. The molecule has 18 heavy (non-hydrogen) atoms. The van der Waals surface area contributed by atoms with Crippen LogP contribution >= 0.6 is 0 Å². The minimum Gasteiger partial charge on any atom is -0.374 e. The minimum absolute atomic E-state index is 0.0172. The molecule has 92 valence electrons. The number of benzene rings is 1. The molecular formula is C14H15N3O. The Morgan fingerprint density at radius 2 is 2.11 bits per heavy atom. The summed E-state index contributed by atoms with van der Waals surface area (Å²) < 4.78 is 2.08. The molecule has 1 aliphatic rings. The molecular weight excluding hydrogens is 226 g/mol. The van der Waals surface area contributed by atoms with Crippen LogP contribution in [0.25, 0.3) is 0 Å². The van der Waals surface area contributed by atoms with Crippen LogP contribution in [0, 0.1) is 0 Å². The van der Waals surface area contributed by atoms with Gasteiger partial charge in [0.15, 0.2) is 0 Å². The fraction of sp³-hybridized carbons (Fsp3) is 0.214. The first-order valence-electron chi connectivity index (χ1n) is 6.01. The molecule has 0 aliphatic carbocycles. The summed E-state index contributed by atoms with van der Waals surface area (Å²) in [6, 6.07) is 12.2. The molecule has 0 saturated carbocycles. The van der Waals surface area contributed by atoms with Gasteiger partial charge in [0.25, 0.3) is 0 Å². The highest BCUT2D eigenvalue weighted by Crippen LogP contribution is 2.34. The summed E-state index contributed by atoms with van der Waals surface area (Å²) >= 11 is 0. The number of anilines is 2. The summed E-state index contributed by atoms with van der Waals surface area (Å²) in [5, 5.41) is 5.53. The van der Waals surface area contributed by atoms with Gasteiger partial charge >= 0.3 is 0 Å². The van der Waals surface area contributed by atoms with Gasteiger partial charge < -0.3 is 10.1 Å². The number of para-hydroxylation sites is 2. The summed E-state index contributed by atoms with van der Waals surface area (Å²) in [7, 11) is 2.02. The van der Waals surface area contributed by atoms with Crippen molar-refractivity contribution in [1.82, 2.24) is 4.68 Å². The molecule has 0 bridgehead atoms. The maximum Gasteiger partial charge on any atom is 0.122 e. The molecule has 0 saturated heterocycles. The maximum atomic E-state index is 10.8. The Morgan fingerprint density at radius 3 is 2.94 bits per heavy atom. The van der Waals surface area contributed by atoms with E-state index in [0.717, 1.165) is 23.4 Å². The summed E-state index contributed by atoms with van der Waals surface area (Å²) in [6.07, 6.45) is 3.44. The van der Waals surface area contributed by atoms with Crippen molar-refractivity contribution in [2.75, 3.05) is 17.4 Å². The van der Waals surface area contributed by atoms with E-state index in [1.807, 2.05) is 43.6 Å². The van der Waals surface area contributed by atoms with E-state index < -0.39 is 0 Å². The SMILES string of the molecule is CN1c2ccccc2NC(CC=O)c2cccn21. The first kappa shape index (κ1) is 10.9. The van der Waals surface area contributed by atoms with Crippen molar-refractivity contribution >= 4 is 17.7 Å². The second-order valence-corrected chi connectivity index (χ2v) is 4.42. The Labute approximate surface area is 106 Å². The predicted octanol–water partition coefficient (Wildman–Crippen LogP) is 2.44. The molecule has 2 heterocycles.